The minimum absolute atomic E-state index is 0.145. The number of hydrogen-bond donors (Lipinski definition) is 0. The molecule has 0 aromatic heterocycles. The smallest absolute Gasteiger partial charge is 0.371 e. The average Bonchev–Trinajstić information content (AvgIpc) is 1.67. The summed E-state index contributed by atoms with van der Waals surface area (Å²) in [6, 6.07) is 0. The van der Waals surface area contributed by atoms with E-state index in [0.717, 1.165) is 6.92 Å². The number of halogens is 3. The lowest BCUT2D eigenvalue weighted by atomic mass is 10.4. The van der Waals surface area contributed by atoms with Crippen LogP contribution in [0.4, 0.5) is 13.2 Å². The summed E-state index contributed by atoms with van der Waals surface area (Å²) in [5, 5.41) is 0. The molecule has 1 unspecified atom stereocenters. The summed E-state index contributed by atoms with van der Waals surface area (Å²) in [6.07, 6.45) is -5.77. The predicted octanol–water partition coefficient (Wildman–Crippen LogP) is 0.234. The van der Waals surface area contributed by atoms with Crippen LogP contribution in [0, 0.1) is 0 Å². The molecule has 0 spiro atoms. The van der Waals surface area contributed by atoms with Gasteiger partial charge in [0.25, 0.3) is 0 Å². The maximum absolute atomic E-state index is 11.7. The second-order valence-corrected chi connectivity index (χ2v) is 1.79. The van der Waals surface area contributed by atoms with Crippen LogP contribution in [0.2, 0.25) is 0 Å². The van der Waals surface area contributed by atoms with Crippen molar-refractivity contribution < 1.29 is 17.6 Å². The Hall–Kier alpha value is -0.0331. The Morgan fingerprint density at radius 2 is 2.00 bits per heavy atom. The van der Waals surface area contributed by atoms with Crippen LogP contribution >= 0.6 is 0 Å². The summed E-state index contributed by atoms with van der Waals surface area (Å²) in [5.41, 5.74) is 0. The zero-order chi connectivity index (χ0) is 6.78. The molecule has 1 atom stereocenters. The van der Waals surface area contributed by atoms with E-state index in [2.05, 4.69) is 4.43 Å². The zero-order valence-electron chi connectivity index (χ0n) is 4.62. The Labute approximate surface area is 48.4 Å². The molecule has 0 aliphatic heterocycles. The SMILES string of the molecule is CC(F)C(F)(F)O[SiH3]. The molecule has 0 bridgehead atoms. The van der Waals surface area contributed by atoms with Gasteiger partial charge in [-0.2, -0.15) is 8.78 Å². The fourth-order valence-electron chi connectivity index (χ4n) is 0.162. The molecule has 8 heavy (non-hydrogen) atoms. The molecule has 1 nitrogen and oxygen atoms in total. The van der Waals surface area contributed by atoms with E-state index in [1.807, 2.05) is 0 Å². The van der Waals surface area contributed by atoms with Crippen molar-refractivity contribution >= 4 is 10.5 Å². The van der Waals surface area contributed by atoms with Crippen molar-refractivity contribution in [2.75, 3.05) is 0 Å². The molecule has 0 aromatic carbocycles. The first kappa shape index (κ1) is 7.97. The first-order valence-corrected chi connectivity index (χ1v) is 2.89. The summed E-state index contributed by atoms with van der Waals surface area (Å²) in [4.78, 5) is 0. The lowest BCUT2D eigenvalue weighted by Gasteiger charge is -2.14. The first-order valence-electron chi connectivity index (χ1n) is 2.07. The Kier molecular flexibility index (Phi) is 2.49. The molecule has 0 saturated carbocycles. The Morgan fingerprint density at radius 3 is 2.00 bits per heavy atom. The molecule has 0 radical (unpaired) electrons. The van der Waals surface area contributed by atoms with Crippen molar-refractivity contribution in [2.24, 2.45) is 0 Å². The predicted molar refractivity (Wildman–Crippen MR) is 26.5 cm³/mol. The highest BCUT2D eigenvalue weighted by atomic mass is 28.2. The summed E-state index contributed by atoms with van der Waals surface area (Å²) in [7, 11) is -0.145. The van der Waals surface area contributed by atoms with Crippen LogP contribution in [0.15, 0.2) is 0 Å². The highest BCUT2D eigenvalue weighted by molar-refractivity contribution is 5.98. The maximum Gasteiger partial charge on any atom is 0.376 e. The van der Waals surface area contributed by atoms with Crippen LogP contribution in [0.5, 0.6) is 0 Å². The highest BCUT2D eigenvalue weighted by Crippen LogP contribution is 2.20. The van der Waals surface area contributed by atoms with Gasteiger partial charge in [-0.3, -0.25) is 0 Å². The third-order valence-corrected chi connectivity index (χ3v) is 1.28. The number of rotatable bonds is 2. The minimum atomic E-state index is -3.56. The Morgan fingerprint density at radius 1 is 1.62 bits per heavy atom. The Bertz CT molecular complexity index is 74.9. The molecule has 0 amide bonds. The lowest BCUT2D eigenvalue weighted by molar-refractivity contribution is -0.213. The number of hydrogen-bond acceptors (Lipinski definition) is 1. The van der Waals surface area contributed by atoms with Crippen LogP contribution in [0.1, 0.15) is 6.92 Å². The molecule has 0 fully saturated rings. The van der Waals surface area contributed by atoms with Crippen LogP contribution in [-0.4, -0.2) is 22.8 Å². The molecular formula is C3H7F3OSi. The Balaban J connectivity index is 3.71. The largest absolute Gasteiger partial charge is 0.376 e. The standard InChI is InChI=1S/C3H7F3OSi/c1-2(4)3(5,6)7-8/h2H,1,8H3. The van der Waals surface area contributed by atoms with Crippen molar-refractivity contribution in [2.45, 2.75) is 19.2 Å². The first-order chi connectivity index (χ1) is 3.50. The molecule has 0 aromatic rings. The fraction of sp³-hybridized carbons (Fsp3) is 1.00. The van der Waals surface area contributed by atoms with Crippen LogP contribution in [0.3, 0.4) is 0 Å². The monoisotopic (exact) mass is 144 g/mol. The van der Waals surface area contributed by atoms with E-state index < -0.39 is 12.3 Å². The zero-order valence-corrected chi connectivity index (χ0v) is 6.62. The molecule has 0 N–H and O–H groups in total. The molecule has 0 rings (SSSR count). The normalized spacial score (nSPS) is 16.5. The fourth-order valence-corrected chi connectivity index (χ4v) is 0.487. The summed E-state index contributed by atoms with van der Waals surface area (Å²) in [5.74, 6) is 0. The van der Waals surface area contributed by atoms with Gasteiger partial charge in [-0.25, -0.2) is 4.39 Å². The van der Waals surface area contributed by atoms with Gasteiger partial charge in [0.05, 0.1) is 0 Å². The van der Waals surface area contributed by atoms with Gasteiger partial charge in [0.1, 0.15) is 0 Å². The molecule has 50 valence electrons. The van der Waals surface area contributed by atoms with Gasteiger partial charge < -0.3 is 4.43 Å². The van der Waals surface area contributed by atoms with Crippen LogP contribution in [-0.2, 0) is 4.43 Å². The van der Waals surface area contributed by atoms with Crippen molar-refractivity contribution in [3.63, 3.8) is 0 Å². The van der Waals surface area contributed by atoms with E-state index in [1.165, 1.54) is 0 Å². The molecular weight excluding hydrogens is 137 g/mol. The molecule has 0 aliphatic rings. The van der Waals surface area contributed by atoms with E-state index in [-0.39, 0.29) is 10.5 Å². The topological polar surface area (TPSA) is 9.23 Å². The lowest BCUT2D eigenvalue weighted by Crippen LogP contribution is -2.29. The van der Waals surface area contributed by atoms with Crippen LogP contribution < -0.4 is 0 Å². The van der Waals surface area contributed by atoms with Gasteiger partial charge in [0.15, 0.2) is 16.7 Å². The quantitative estimate of drug-likeness (QED) is 0.504. The van der Waals surface area contributed by atoms with E-state index in [9.17, 15) is 13.2 Å². The van der Waals surface area contributed by atoms with Crippen molar-refractivity contribution in [3.8, 4) is 0 Å². The van der Waals surface area contributed by atoms with Gasteiger partial charge in [-0.1, -0.05) is 0 Å². The van der Waals surface area contributed by atoms with Gasteiger partial charge >= 0.3 is 6.11 Å². The highest BCUT2D eigenvalue weighted by Gasteiger charge is 2.35. The van der Waals surface area contributed by atoms with Crippen LogP contribution in [0.25, 0.3) is 0 Å². The minimum Gasteiger partial charge on any atom is -0.371 e. The second kappa shape index (κ2) is 2.50. The molecule has 5 heteroatoms. The van der Waals surface area contributed by atoms with E-state index in [1.54, 1.807) is 0 Å². The second-order valence-electron chi connectivity index (χ2n) is 1.38. The van der Waals surface area contributed by atoms with Gasteiger partial charge in [0, 0.05) is 0 Å². The third-order valence-electron chi connectivity index (χ3n) is 0.735. The van der Waals surface area contributed by atoms with Crippen molar-refractivity contribution in [1.29, 1.82) is 0 Å². The average molecular weight is 144 g/mol. The molecule has 0 heterocycles. The maximum atomic E-state index is 11.7. The van der Waals surface area contributed by atoms with E-state index in [4.69, 9.17) is 0 Å². The van der Waals surface area contributed by atoms with Crippen molar-refractivity contribution in [1.82, 2.24) is 0 Å². The molecule has 0 aliphatic carbocycles. The summed E-state index contributed by atoms with van der Waals surface area (Å²) >= 11 is 0. The van der Waals surface area contributed by atoms with E-state index in [0.29, 0.717) is 0 Å². The summed E-state index contributed by atoms with van der Waals surface area (Å²) < 4.78 is 38.7. The third kappa shape index (κ3) is 1.83. The van der Waals surface area contributed by atoms with Gasteiger partial charge in [-0.05, 0) is 6.92 Å². The van der Waals surface area contributed by atoms with E-state index >= 15 is 0 Å². The van der Waals surface area contributed by atoms with Crippen molar-refractivity contribution in [3.05, 3.63) is 0 Å². The summed E-state index contributed by atoms with van der Waals surface area (Å²) in [6.45, 7) is 0.762. The molecule has 0 saturated heterocycles. The van der Waals surface area contributed by atoms with Gasteiger partial charge in [-0.15, -0.1) is 0 Å². The number of alkyl halides is 3. The van der Waals surface area contributed by atoms with Gasteiger partial charge in [0.2, 0.25) is 0 Å².